The Morgan fingerprint density at radius 2 is 2.06 bits per heavy atom. The van der Waals surface area contributed by atoms with Gasteiger partial charge in [-0.3, -0.25) is 5.10 Å². The van der Waals surface area contributed by atoms with Crippen molar-refractivity contribution in [2.75, 3.05) is 0 Å². The Bertz CT molecular complexity index is 456. The molecular formula is C10H13F2N3O. The molecule has 0 fully saturated rings. The van der Waals surface area contributed by atoms with Crippen LogP contribution in [0.2, 0.25) is 0 Å². The van der Waals surface area contributed by atoms with Crippen molar-refractivity contribution in [1.29, 1.82) is 0 Å². The number of aryl methyl sites for hydroxylation is 1. The predicted octanol–water partition coefficient (Wildman–Crippen LogP) is 2.89. The average Bonchev–Trinajstić information content (AvgIpc) is 2.63. The van der Waals surface area contributed by atoms with Gasteiger partial charge in [-0.15, -0.1) is 0 Å². The van der Waals surface area contributed by atoms with Gasteiger partial charge in [0.15, 0.2) is 0 Å². The summed E-state index contributed by atoms with van der Waals surface area (Å²) in [5, 5.41) is 7.36. The van der Waals surface area contributed by atoms with Crippen molar-refractivity contribution >= 4 is 10.9 Å². The van der Waals surface area contributed by atoms with Crippen LogP contribution in [0.1, 0.15) is 19.5 Å². The van der Waals surface area contributed by atoms with Crippen molar-refractivity contribution in [2.45, 2.75) is 27.4 Å². The van der Waals surface area contributed by atoms with Crippen LogP contribution in [-0.4, -0.2) is 21.8 Å². The molecule has 4 nitrogen and oxygen atoms in total. The average molecular weight is 229 g/mol. The predicted molar refractivity (Wildman–Crippen MR) is 56.6 cm³/mol. The second kappa shape index (κ2) is 5.39. The highest BCUT2D eigenvalue weighted by Gasteiger charge is 2.08. The van der Waals surface area contributed by atoms with Crippen LogP contribution in [0.25, 0.3) is 10.9 Å². The number of nitrogens with zero attached hydrogens (tertiary/aromatic N) is 2. The molecule has 16 heavy (non-hydrogen) atoms. The standard InChI is InChI=1S/C8H7F2N3O.C2H6/c1-4-5-2-7(14-8(9)10)11-3-6(5)13-12-4;1-2/h2-3,8H,1H3,(H,12,13);1-2H3. The number of hydrogen-bond acceptors (Lipinski definition) is 3. The summed E-state index contributed by atoms with van der Waals surface area (Å²) >= 11 is 0. The second-order valence-electron chi connectivity index (χ2n) is 2.77. The van der Waals surface area contributed by atoms with Gasteiger partial charge in [-0.2, -0.15) is 13.9 Å². The normalized spacial score (nSPS) is 10.1. The summed E-state index contributed by atoms with van der Waals surface area (Å²) in [7, 11) is 0. The van der Waals surface area contributed by atoms with Crippen LogP contribution in [0, 0.1) is 6.92 Å². The van der Waals surface area contributed by atoms with Crippen LogP contribution in [0.5, 0.6) is 5.88 Å². The SMILES string of the molecule is CC.Cc1[nH]nc2cnc(OC(F)F)cc12. The number of halogens is 2. The van der Waals surface area contributed by atoms with Crippen LogP contribution >= 0.6 is 0 Å². The number of ether oxygens (including phenoxy) is 1. The van der Waals surface area contributed by atoms with Gasteiger partial charge in [0, 0.05) is 17.1 Å². The van der Waals surface area contributed by atoms with E-state index in [1.54, 1.807) is 6.92 Å². The molecule has 1 N–H and O–H groups in total. The molecule has 2 rings (SSSR count). The zero-order valence-corrected chi connectivity index (χ0v) is 9.29. The molecule has 0 amide bonds. The highest BCUT2D eigenvalue weighted by atomic mass is 19.3. The molecule has 0 unspecified atom stereocenters. The first kappa shape index (κ1) is 12.4. The fourth-order valence-electron chi connectivity index (χ4n) is 1.18. The van der Waals surface area contributed by atoms with E-state index >= 15 is 0 Å². The number of aromatic amines is 1. The number of H-pyrrole nitrogens is 1. The molecule has 0 saturated carbocycles. The lowest BCUT2D eigenvalue weighted by atomic mass is 10.2. The zero-order valence-electron chi connectivity index (χ0n) is 9.29. The monoisotopic (exact) mass is 229 g/mol. The van der Waals surface area contributed by atoms with E-state index in [9.17, 15) is 8.78 Å². The molecule has 0 atom stereocenters. The van der Waals surface area contributed by atoms with Gasteiger partial charge in [-0.1, -0.05) is 13.8 Å². The molecule has 2 aromatic heterocycles. The van der Waals surface area contributed by atoms with Crippen molar-refractivity contribution < 1.29 is 13.5 Å². The Balaban J connectivity index is 0.000000606. The van der Waals surface area contributed by atoms with E-state index < -0.39 is 6.61 Å². The lowest BCUT2D eigenvalue weighted by Gasteiger charge is -2.01. The van der Waals surface area contributed by atoms with E-state index in [-0.39, 0.29) is 5.88 Å². The van der Waals surface area contributed by atoms with Crippen molar-refractivity contribution in [1.82, 2.24) is 15.2 Å². The van der Waals surface area contributed by atoms with Gasteiger partial charge in [0.1, 0.15) is 5.52 Å². The van der Waals surface area contributed by atoms with Crippen LogP contribution < -0.4 is 4.74 Å². The number of nitrogens with one attached hydrogen (secondary N) is 1. The maximum Gasteiger partial charge on any atom is 0.388 e. The molecule has 0 radical (unpaired) electrons. The van der Waals surface area contributed by atoms with E-state index in [0.717, 1.165) is 11.1 Å². The van der Waals surface area contributed by atoms with E-state index in [0.29, 0.717) is 5.52 Å². The molecule has 0 aliphatic carbocycles. The lowest BCUT2D eigenvalue weighted by molar-refractivity contribution is -0.0527. The molecule has 0 saturated heterocycles. The number of rotatable bonds is 2. The molecule has 2 aromatic rings. The molecule has 0 aliphatic rings. The van der Waals surface area contributed by atoms with Gasteiger partial charge in [-0.05, 0) is 6.92 Å². The van der Waals surface area contributed by atoms with E-state index in [1.165, 1.54) is 12.3 Å². The molecule has 0 aromatic carbocycles. The Kier molecular flexibility index (Phi) is 4.16. The summed E-state index contributed by atoms with van der Waals surface area (Å²) in [5.74, 6) is -0.1000. The number of fused-ring (bicyclic) bond motifs is 1. The number of pyridine rings is 1. The number of aromatic nitrogens is 3. The van der Waals surface area contributed by atoms with Gasteiger partial charge in [-0.25, -0.2) is 4.98 Å². The summed E-state index contributed by atoms with van der Waals surface area (Å²) in [6, 6.07) is 1.43. The molecule has 0 bridgehead atoms. The van der Waals surface area contributed by atoms with Crippen LogP contribution in [0.3, 0.4) is 0 Å². The van der Waals surface area contributed by atoms with Crippen LogP contribution in [-0.2, 0) is 0 Å². The van der Waals surface area contributed by atoms with Crippen molar-refractivity contribution in [3.8, 4) is 5.88 Å². The minimum atomic E-state index is -2.85. The minimum Gasteiger partial charge on any atom is -0.417 e. The smallest absolute Gasteiger partial charge is 0.388 e. The number of alkyl halides is 2. The summed E-state index contributed by atoms with van der Waals surface area (Å²) in [6.45, 7) is 2.94. The van der Waals surface area contributed by atoms with Gasteiger partial charge in [0.25, 0.3) is 0 Å². The maximum atomic E-state index is 11.9. The first-order valence-corrected chi connectivity index (χ1v) is 4.92. The first-order chi connectivity index (χ1) is 7.66. The molecule has 88 valence electrons. The Morgan fingerprint density at radius 3 is 2.69 bits per heavy atom. The summed E-state index contributed by atoms with van der Waals surface area (Å²) in [4.78, 5) is 3.68. The van der Waals surface area contributed by atoms with Gasteiger partial charge in [0.2, 0.25) is 5.88 Å². The highest BCUT2D eigenvalue weighted by Crippen LogP contribution is 2.19. The molecular weight excluding hydrogens is 216 g/mol. The van der Waals surface area contributed by atoms with Gasteiger partial charge < -0.3 is 4.74 Å². The second-order valence-corrected chi connectivity index (χ2v) is 2.77. The fourth-order valence-corrected chi connectivity index (χ4v) is 1.18. The molecule has 0 aliphatic heterocycles. The Morgan fingerprint density at radius 1 is 1.38 bits per heavy atom. The van der Waals surface area contributed by atoms with Gasteiger partial charge >= 0.3 is 6.61 Å². The number of hydrogen-bond donors (Lipinski definition) is 1. The molecule has 6 heteroatoms. The minimum absolute atomic E-state index is 0.1000. The molecule has 0 spiro atoms. The van der Waals surface area contributed by atoms with Crippen molar-refractivity contribution in [3.63, 3.8) is 0 Å². The highest BCUT2D eigenvalue weighted by molar-refractivity contribution is 5.81. The van der Waals surface area contributed by atoms with Crippen molar-refractivity contribution in [3.05, 3.63) is 18.0 Å². The fraction of sp³-hybridized carbons (Fsp3) is 0.400. The lowest BCUT2D eigenvalue weighted by Crippen LogP contribution is -2.03. The van der Waals surface area contributed by atoms with Crippen LogP contribution in [0.15, 0.2) is 12.3 Å². The van der Waals surface area contributed by atoms with Gasteiger partial charge in [0.05, 0.1) is 6.20 Å². The van der Waals surface area contributed by atoms with Crippen LogP contribution in [0.4, 0.5) is 8.78 Å². The molecule has 2 heterocycles. The maximum absolute atomic E-state index is 11.9. The summed E-state index contributed by atoms with van der Waals surface area (Å²) in [5.41, 5.74) is 1.42. The third kappa shape index (κ3) is 2.65. The first-order valence-electron chi connectivity index (χ1n) is 4.92. The summed E-state index contributed by atoms with van der Waals surface area (Å²) < 4.78 is 27.9. The Hall–Kier alpha value is -1.72. The largest absolute Gasteiger partial charge is 0.417 e. The Labute approximate surface area is 91.6 Å². The third-order valence-corrected chi connectivity index (χ3v) is 1.82. The van der Waals surface area contributed by atoms with E-state index in [4.69, 9.17) is 0 Å². The van der Waals surface area contributed by atoms with Crippen molar-refractivity contribution in [2.24, 2.45) is 0 Å². The quantitative estimate of drug-likeness (QED) is 0.861. The summed E-state index contributed by atoms with van der Waals surface area (Å²) in [6.07, 6.45) is 1.39. The topological polar surface area (TPSA) is 50.8 Å². The van der Waals surface area contributed by atoms with E-state index in [2.05, 4.69) is 19.9 Å². The zero-order chi connectivity index (χ0) is 12.1. The van der Waals surface area contributed by atoms with E-state index in [1.807, 2.05) is 13.8 Å². The third-order valence-electron chi connectivity index (χ3n) is 1.82.